The van der Waals surface area contributed by atoms with Crippen LogP contribution in [0.25, 0.3) is 53.6 Å². The maximum absolute atomic E-state index is 2.56. The number of fused-ring (bicyclic) bond motifs is 12. The SMILES string of the molecule is CC1(C)c2ccccc2-c2ccc3c(c21)C1(C)c2ccccc2-c2cccc(c21)N3c1cccc(-c2ccc3c(c2)sc2ccccc23)c1. The fraction of sp³-hybridized carbons (Fsp3) is 0.106. The molecule has 0 N–H and O–H groups in total. The van der Waals surface area contributed by atoms with E-state index in [4.69, 9.17) is 0 Å². The zero-order valence-corrected chi connectivity index (χ0v) is 28.5. The van der Waals surface area contributed by atoms with Gasteiger partial charge in [0.25, 0.3) is 0 Å². The molecular formula is C47H33NS. The zero-order valence-electron chi connectivity index (χ0n) is 27.7. The lowest BCUT2D eigenvalue weighted by molar-refractivity contribution is 0.615. The molecule has 1 atom stereocenters. The second-order valence-electron chi connectivity index (χ2n) is 14.6. The summed E-state index contributed by atoms with van der Waals surface area (Å²) in [7, 11) is 0. The molecule has 7 aromatic carbocycles. The Balaban J connectivity index is 1.18. The van der Waals surface area contributed by atoms with Crippen LogP contribution in [0.4, 0.5) is 17.1 Å². The lowest BCUT2D eigenvalue weighted by Gasteiger charge is -2.45. The molecule has 1 unspecified atom stereocenters. The summed E-state index contributed by atoms with van der Waals surface area (Å²) in [5, 5.41) is 2.67. The maximum Gasteiger partial charge on any atom is 0.0512 e. The molecule has 0 bridgehead atoms. The topological polar surface area (TPSA) is 3.24 Å². The quantitative estimate of drug-likeness (QED) is 0.181. The lowest BCUT2D eigenvalue weighted by Crippen LogP contribution is -2.35. The third-order valence-corrected chi connectivity index (χ3v) is 12.9. The van der Waals surface area contributed by atoms with Crippen LogP contribution in [0.5, 0.6) is 0 Å². The van der Waals surface area contributed by atoms with Crippen LogP contribution in [-0.2, 0) is 10.8 Å². The van der Waals surface area contributed by atoms with Crippen LogP contribution in [0.3, 0.4) is 0 Å². The van der Waals surface area contributed by atoms with Crippen molar-refractivity contribution in [1.29, 1.82) is 0 Å². The van der Waals surface area contributed by atoms with Gasteiger partial charge in [-0.25, -0.2) is 0 Å². The molecule has 0 amide bonds. The molecule has 2 heterocycles. The summed E-state index contributed by atoms with van der Waals surface area (Å²) in [5.41, 5.74) is 18.4. The van der Waals surface area contributed by atoms with Gasteiger partial charge in [-0.1, -0.05) is 123 Å². The van der Waals surface area contributed by atoms with Crippen molar-refractivity contribution >= 4 is 48.6 Å². The zero-order chi connectivity index (χ0) is 32.6. The van der Waals surface area contributed by atoms with Crippen molar-refractivity contribution in [3.63, 3.8) is 0 Å². The minimum Gasteiger partial charge on any atom is -0.310 e. The highest BCUT2D eigenvalue weighted by molar-refractivity contribution is 7.25. The number of anilines is 3. The fourth-order valence-electron chi connectivity index (χ4n) is 9.72. The van der Waals surface area contributed by atoms with Crippen LogP contribution >= 0.6 is 11.3 Å². The molecule has 0 spiro atoms. The molecule has 0 saturated heterocycles. The predicted octanol–water partition coefficient (Wildman–Crippen LogP) is 13.1. The molecule has 49 heavy (non-hydrogen) atoms. The first kappa shape index (κ1) is 27.5. The largest absolute Gasteiger partial charge is 0.310 e. The third kappa shape index (κ3) is 3.40. The van der Waals surface area contributed by atoms with E-state index in [9.17, 15) is 0 Å². The van der Waals surface area contributed by atoms with Crippen LogP contribution in [-0.4, -0.2) is 0 Å². The van der Waals surface area contributed by atoms with Crippen molar-refractivity contribution in [2.24, 2.45) is 0 Å². The Labute approximate surface area is 290 Å². The minimum absolute atomic E-state index is 0.141. The fourth-order valence-corrected chi connectivity index (χ4v) is 10.9. The summed E-state index contributed by atoms with van der Waals surface area (Å²) in [6, 6.07) is 54.8. The van der Waals surface area contributed by atoms with E-state index in [1.165, 1.54) is 98.4 Å². The van der Waals surface area contributed by atoms with E-state index in [1.807, 2.05) is 11.3 Å². The Kier molecular flexibility index (Phi) is 5.26. The summed E-state index contributed by atoms with van der Waals surface area (Å²) >= 11 is 1.88. The Bertz CT molecular complexity index is 2730. The Hall–Kier alpha value is -5.44. The van der Waals surface area contributed by atoms with Crippen molar-refractivity contribution in [2.75, 3.05) is 4.90 Å². The number of rotatable bonds is 2. The molecule has 1 aliphatic heterocycles. The van der Waals surface area contributed by atoms with Crippen molar-refractivity contribution in [1.82, 2.24) is 0 Å². The van der Waals surface area contributed by atoms with Gasteiger partial charge in [-0.05, 0) is 105 Å². The van der Waals surface area contributed by atoms with Crippen LogP contribution in [0.15, 0.2) is 146 Å². The smallest absolute Gasteiger partial charge is 0.0512 e. The summed E-state index contributed by atoms with van der Waals surface area (Å²) in [4.78, 5) is 2.56. The number of nitrogens with zero attached hydrogens (tertiary/aromatic N) is 1. The van der Waals surface area contributed by atoms with Gasteiger partial charge in [0.05, 0.1) is 11.4 Å². The van der Waals surface area contributed by atoms with Gasteiger partial charge in [0.2, 0.25) is 0 Å². The molecule has 1 aromatic heterocycles. The van der Waals surface area contributed by atoms with Crippen molar-refractivity contribution in [3.05, 3.63) is 173 Å². The highest BCUT2D eigenvalue weighted by atomic mass is 32.1. The van der Waals surface area contributed by atoms with E-state index in [2.05, 4.69) is 171 Å². The van der Waals surface area contributed by atoms with Gasteiger partial charge in [-0.3, -0.25) is 0 Å². The Morgan fingerprint density at radius 2 is 1.10 bits per heavy atom. The van der Waals surface area contributed by atoms with Gasteiger partial charge in [0, 0.05) is 36.7 Å². The van der Waals surface area contributed by atoms with Gasteiger partial charge in [0.15, 0.2) is 0 Å². The monoisotopic (exact) mass is 643 g/mol. The number of hydrogen-bond donors (Lipinski definition) is 0. The van der Waals surface area contributed by atoms with E-state index >= 15 is 0 Å². The molecule has 8 aromatic rings. The molecule has 0 radical (unpaired) electrons. The molecule has 2 heteroatoms. The summed E-state index contributed by atoms with van der Waals surface area (Å²) in [5.74, 6) is 0. The summed E-state index contributed by atoms with van der Waals surface area (Å²) < 4.78 is 2.67. The minimum atomic E-state index is -0.289. The molecule has 2 aliphatic carbocycles. The second-order valence-corrected chi connectivity index (χ2v) is 15.7. The molecule has 11 rings (SSSR count). The molecule has 0 fully saturated rings. The maximum atomic E-state index is 2.56. The first-order valence-electron chi connectivity index (χ1n) is 17.3. The Morgan fingerprint density at radius 3 is 1.98 bits per heavy atom. The highest BCUT2D eigenvalue weighted by Crippen LogP contribution is 2.66. The van der Waals surface area contributed by atoms with Crippen LogP contribution in [0.1, 0.15) is 48.6 Å². The Morgan fingerprint density at radius 1 is 0.449 bits per heavy atom. The normalized spacial score (nSPS) is 17.5. The number of thiophene rings is 1. The van der Waals surface area contributed by atoms with Gasteiger partial charge >= 0.3 is 0 Å². The van der Waals surface area contributed by atoms with Gasteiger partial charge in [-0.2, -0.15) is 0 Å². The molecule has 0 saturated carbocycles. The highest BCUT2D eigenvalue weighted by Gasteiger charge is 2.52. The van der Waals surface area contributed by atoms with Crippen LogP contribution < -0.4 is 4.90 Å². The van der Waals surface area contributed by atoms with E-state index < -0.39 is 0 Å². The van der Waals surface area contributed by atoms with Crippen molar-refractivity contribution in [2.45, 2.75) is 31.6 Å². The van der Waals surface area contributed by atoms with Crippen molar-refractivity contribution < 1.29 is 0 Å². The van der Waals surface area contributed by atoms with E-state index in [0.717, 1.165) is 0 Å². The van der Waals surface area contributed by atoms with Gasteiger partial charge in [0.1, 0.15) is 0 Å². The molecule has 1 nitrogen and oxygen atoms in total. The van der Waals surface area contributed by atoms with E-state index in [0.29, 0.717) is 0 Å². The summed E-state index contributed by atoms with van der Waals surface area (Å²) in [6.45, 7) is 7.35. The lowest BCUT2D eigenvalue weighted by atomic mass is 9.65. The second kappa shape index (κ2) is 9.37. The van der Waals surface area contributed by atoms with Gasteiger partial charge < -0.3 is 4.90 Å². The van der Waals surface area contributed by atoms with Gasteiger partial charge in [-0.15, -0.1) is 11.3 Å². The molecule has 3 aliphatic rings. The number of benzene rings is 7. The molecular weight excluding hydrogens is 611 g/mol. The third-order valence-electron chi connectivity index (χ3n) is 11.8. The first-order valence-corrected chi connectivity index (χ1v) is 18.1. The van der Waals surface area contributed by atoms with Crippen LogP contribution in [0.2, 0.25) is 0 Å². The molecule has 232 valence electrons. The standard InChI is InChI=1S/C47H33NS/c1-46(2)37-18-7-4-14-31(37)36-24-25-40-45(44(36)46)47(3)38-19-8-5-15-32(38)35-17-11-20-39(43(35)47)48(40)30-13-10-12-28(26-30)29-22-23-34-33-16-6-9-21-41(33)49-42(34)27-29/h4-27H,1-3H3. The van der Waals surface area contributed by atoms with Crippen molar-refractivity contribution in [3.8, 4) is 33.4 Å². The van der Waals surface area contributed by atoms with Crippen LogP contribution in [0, 0.1) is 0 Å². The summed E-state index contributed by atoms with van der Waals surface area (Å²) in [6.07, 6.45) is 0. The van der Waals surface area contributed by atoms with E-state index in [-0.39, 0.29) is 10.8 Å². The average Bonchev–Trinajstić information content (AvgIpc) is 3.73. The van der Waals surface area contributed by atoms with E-state index in [1.54, 1.807) is 0 Å². The average molecular weight is 644 g/mol. The first-order chi connectivity index (χ1) is 23.9. The predicted molar refractivity (Wildman–Crippen MR) is 208 cm³/mol. The number of hydrogen-bond acceptors (Lipinski definition) is 2.